The Hall–Kier alpha value is -1.27. The maximum atomic E-state index is 14.2. The van der Waals surface area contributed by atoms with Gasteiger partial charge in [-0.15, -0.1) is 0 Å². The lowest BCUT2D eigenvalue weighted by Crippen LogP contribution is -2.22. The predicted octanol–water partition coefficient (Wildman–Crippen LogP) is 3.72. The number of nitrogens with zero attached hydrogens (tertiary/aromatic N) is 1. The average molecular weight is 296 g/mol. The topological polar surface area (TPSA) is 29.9 Å². The van der Waals surface area contributed by atoms with Gasteiger partial charge in [0.2, 0.25) is 0 Å². The van der Waals surface area contributed by atoms with E-state index < -0.39 is 11.6 Å². The summed E-state index contributed by atoms with van der Waals surface area (Å²) in [6.07, 6.45) is 3.16. The molecule has 20 heavy (non-hydrogen) atoms. The Morgan fingerprint density at radius 1 is 1.25 bits per heavy atom. The summed E-state index contributed by atoms with van der Waals surface area (Å²) >= 11 is 5.32. The molecule has 1 aliphatic heterocycles. The van der Waals surface area contributed by atoms with Gasteiger partial charge >= 0.3 is 0 Å². The highest BCUT2D eigenvalue weighted by atomic mass is 32.1. The van der Waals surface area contributed by atoms with Gasteiger partial charge in [-0.3, -0.25) is 0 Å². The summed E-state index contributed by atoms with van der Waals surface area (Å²) in [7, 11) is 0. The average Bonchev–Trinajstić information content (AvgIpc) is 3.06. The Kier molecular flexibility index (Phi) is 2.72. The molecule has 1 aromatic carbocycles. The van der Waals surface area contributed by atoms with Gasteiger partial charge in [-0.05, 0) is 49.5 Å². The van der Waals surface area contributed by atoms with Crippen LogP contribution in [0, 0.1) is 22.3 Å². The van der Waals surface area contributed by atoms with Crippen molar-refractivity contribution < 1.29 is 13.5 Å². The fourth-order valence-corrected chi connectivity index (χ4v) is 3.56. The summed E-state index contributed by atoms with van der Waals surface area (Å²) in [6, 6.07) is 2.65. The third-order valence-corrected chi connectivity index (χ3v) is 4.59. The van der Waals surface area contributed by atoms with E-state index in [4.69, 9.17) is 17.0 Å². The summed E-state index contributed by atoms with van der Waals surface area (Å²) in [6.45, 7) is 0.650. The zero-order chi connectivity index (χ0) is 13.9. The van der Waals surface area contributed by atoms with E-state index in [-0.39, 0.29) is 17.7 Å². The Balaban J connectivity index is 1.92. The molecular weight excluding hydrogens is 282 g/mol. The first-order valence-corrected chi connectivity index (χ1v) is 7.27. The number of imidazole rings is 1. The molecular formula is C14H14F2N2OS. The number of hydrogen-bond acceptors (Lipinski definition) is 2. The lowest BCUT2D eigenvalue weighted by molar-refractivity contribution is 0.0755. The molecule has 2 atom stereocenters. The number of halogens is 2. The van der Waals surface area contributed by atoms with Crippen LogP contribution in [0.3, 0.4) is 0 Å². The van der Waals surface area contributed by atoms with E-state index in [2.05, 4.69) is 4.98 Å². The molecule has 2 unspecified atom stereocenters. The molecule has 0 radical (unpaired) electrons. The number of benzene rings is 1. The standard InChI is InChI=1S/C14H14F2N2OS/c15-8-3-4-9-12(11(8)16)18(14(20)17-9)10-5-6-19-13(10)7-1-2-7/h3-4,7,10,13H,1-2,5-6H2,(H,17,20). The third-order valence-electron chi connectivity index (χ3n) is 4.29. The normalized spacial score (nSPS) is 26.5. The molecule has 0 amide bonds. The van der Waals surface area contributed by atoms with Crippen LogP contribution in [0.15, 0.2) is 12.1 Å². The molecule has 0 bridgehead atoms. The smallest absolute Gasteiger partial charge is 0.184 e. The lowest BCUT2D eigenvalue weighted by atomic mass is 10.1. The Morgan fingerprint density at radius 3 is 2.80 bits per heavy atom. The maximum absolute atomic E-state index is 14.2. The highest BCUT2D eigenvalue weighted by Gasteiger charge is 2.42. The largest absolute Gasteiger partial charge is 0.376 e. The second kappa shape index (κ2) is 4.36. The Morgan fingerprint density at radius 2 is 2.05 bits per heavy atom. The van der Waals surface area contributed by atoms with Crippen LogP contribution in [0.25, 0.3) is 11.0 Å². The number of hydrogen-bond donors (Lipinski definition) is 1. The summed E-state index contributed by atoms with van der Waals surface area (Å²) in [5.41, 5.74) is 0.770. The van der Waals surface area contributed by atoms with Gasteiger partial charge in [-0.25, -0.2) is 8.78 Å². The first-order chi connectivity index (χ1) is 9.66. The summed E-state index contributed by atoms with van der Waals surface area (Å²) in [5.74, 6) is -1.15. The van der Waals surface area contributed by atoms with Gasteiger partial charge in [0, 0.05) is 6.61 Å². The van der Waals surface area contributed by atoms with Crippen molar-refractivity contribution in [1.29, 1.82) is 0 Å². The molecule has 2 aliphatic rings. The molecule has 1 aromatic heterocycles. The van der Waals surface area contributed by atoms with E-state index >= 15 is 0 Å². The second-order valence-electron chi connectivity index (χ2n) is 5.59. The van der Waals surface area contributed by atoms with E-state index in [1.54, 1.807) is 4.57 Å². The molecule has 2 fully saturated rings. The Bertz CT molecular complexity index is 735. The van der Waals surface area contributed by atoms with Crippen LogP contribution in [-0.2, 0) is 4.74 Å². The van der Waals surface area contributed by atoms with Crippen molar-refractivity contribution >= 4 is 23.3 Å². The van der Waals surface area contributed by atoms with Crippen LogP contribution in [0.1, 0.15) is 25.3 Å². The number of aromatic nitrogens is 2. The molecule has 1 saturated carbocycles. The molecule has 0 spiro atoms. The van der Waals surface area contributed by atoms with Gasteiger partial charge in [0.1, 0.15) is 5.52 Å². The van der Waals surface area contributed by atoms with Crippen LogP contribution in [-0.4, -0.2) is 22.3 Å². The number of aromatic amines is 1. The predicted molar refractivity (Wildman–Crippen MR) is 73.2 cm³/mol. The number of ether oxygens (including phenoxy) is 1. The molecule has 2 heterocycles. The van der Waals surface area contributed by atoms with Gasteiger partial charge in [0.15, 0.2) is 16.4 Å². The van der Waals surface area contributed by atoms with Gasteiger partial charge < -0.3 is 14.3 Å². The minimum Gasteiger partial charge on any atom is -0.376 e. The molecule has 3 nitrogen and oxygen atoms in total. The van der Waals surface area contributed by atoms with Crippen LogP contribution in [0.5, 0.6) is 0 Å². The summed E-state index contributed by atoms with van der Waals surface area (Å²) in [4.78, 5) is 2.97. The number of fused-ring (bicyclic) bond motifs is 1. The quantitative estimate of drug-likeness (QED) is 0.856. The van der Waals surface area contributed by atoms with Gasteiger partial charge in [0.25, 0.3) is 0 Å². The molecule has 4 rings (SSSR count). The highest BCUT2D eigenvalue weighted by molar-refractivity contribution is 7.71. The molecule has 6 heteroatoms. The van der Waals surface area contributed by atoms with E-state index in [1.165, 1.54) is 6.07 Å². The second-order valence-corrected chi connectivity index (χ2v) is 5.97. The number of H-pyrrole nitrogens is 1. The van der Waals surface area contributed by atoms with E-state index in [9.17, 15) is 8.78 Å². The van der Waals surface area contributed by atoms with E-state index in [1.807, 2.05) is 0 Å². The van der Waals surface area contributed by atoms with Crippen LogP contribution >= 0.6 is 12.2 Å². The fraction of sp³-hybridized carbons (Fsp3) is 0.500. The molecule has 1 N–H and O–H groups in total. The van der Waals surface area contributed by atoms with E-state index in [0.29, 0.717) is 22.8 Å². The van der Waals surface area contributed by atoms with Gasteiger partial charge in [0.05, 0.1) is 17.7 Å². The summed E-state index contributed by atoms with van der Waals surface area (Å²) in [5, 5.41) is 0. The van der Waals surface area contributed by atoms with Crippen molar-refractivity contribution in [2.75, 3.05) is 6.61 Å². The zero-order valence-corrected chi connectivity index (χ0v) is 11.6. The Labute approximate surface area is 119 Å². The van der Waals surface area contributed by atoms with Gasteiger partial charge in [-0.2, -0.15) is 0 Å². The van der Waals surface area contributed by atoms with Crippen molar-refractivity contribution in [3.8, 4) is 0 Å². The van der Waals surface area contributed by atoms with Crippen molar-refractivity contribution in [1.82, 2.24) is 9.55 Å². The fourth-order valence-electron chi connectivity index (χ4n) is 3.22. The minimum atomic E-state index is -0.845. The number of rotatable bonds is 2. The lowest BCUT2D eigenvalue weighted by Gasteiger charge is -2.20. The molecule has 106 valence electrons. The molecule has 1 aliphatic carbocycles. The van der Waals surface area contributed by atoms with Crippen molar-refractivity contribution in [2.45, 2.75) is 31.4 Å². The minimum absolute atomic E-state index is 0.0000463. The van der Waals surface area contributed by atoms with Crippen LogP contribution < -0.4 is 0 Å². The first kappa shape index (κ1) is 12.5. The molecule has 1 saturated heterocycles. The van der Waals surface area contributed by atoms with Crippen LogP contribution in [0.4, 0.5) is 8.78 Å². The van der Waals surface area contributed by atoms with Crippen molar-refractivity contribution in [3.63, 3.8) is 0 Å². The maximum Gasteiger partial charge on any atom is 0.184 e. The van der Waals surface area contributed by atoms with Crippen molar-refractivity contribution in [3.05, 3.63) is 28.5 Å². The highest BCUT2D eigenvalue weighted by Crippen LogP contribution is 2.44. The van der Waals surface area contributed by atoms with Gasteiger partial charge in [-0.1, -0.05) is 0 Å². The summed E-state index contributed by atoms with van der Waals surface area (Å²) < 4.78 is 35.6. The monoisotopic (exact) mass is 296 g/mol. The SMILES string of the molecule is Fc1ccc2[nH]c(=S)n(C3CCOC3C3CC3)c2c1F. The zero-order valence-electron chi connectivity index (χ0n) is 10.7. The number of nitrogens with one attached hydrogen (secondary N) is 1. The van der Waals surface area contributed by atoms with Crippen molar-refractivity contribution in [2.24, 2.45) is 5.92 Å². The molecule has 2 aromatic rings. The van der Waals surface area contributed by atoms with Crippen LogP contribution in [0.2, 0.25) is 0 Å². The van der Waals surface area contributed by atoms with E-state index in [0.717, 1.165) is 25.3 Å². The first-order valence-electron chi connectivity index (χ1n) is 6.86. The third kappa shape index (κ3) is 1.74.